The third kappa shape index (κ3) is 2.11. The zero-order valence-electron chi connectivity index (χ0n) is 8.90. The smallest absolute Gasteiger partial charge is 0.303 e. The van der Waals surface area contributed by atoms with E-state index in [9.17, 15) is 4.79 Å². The van der Waals surface area contributed by atoms with E-state index in [4.69, 9.17) is 5.11 Å². The monoisotopic (exact) mass is 281 g/mol. The minimum absolute atomic E-state index is 0.176. The predicted molar refractivity (Wildman–Crippen MR) is 66.6 cm³/mol. The van der Waals surface area contributed by atoms with E-state index in [1.807, 2.05) is 36.0 Å². The molecule has 1 heterocycles. The van der Waals surface area contributed by atoms with Crippen molar-refractivity contribution >= 4 is 32.8 Å². The number of hydrogen-bond donors (Lipinski definition) is 1. The van der Waals surface area contributed by atoms with Crippen molar-refractivity contribution in [3.05, 3.63) is 34.4 Å². The molecule has 0 aliphatic heterocycles. The normalized spacial score (nSPS) is 10.9. The molecule has 0 bridgehead atoms. The van der Waals surface area contributed by atoms with Crippen molar-refractivity contribution in [2.45, 2.75) is 12.8 Å². The van der Waals surface area contributed by atoms with Gasteiger partial charge in [0, 0.05) is 35.0 Å². The van der Waals surface area contributed by atoms with Crippen LogP contribution in [0.4, 0.5) is 0 Å². The Bertz CT molecular complexity index is 545. The Kier molecular flexibility index (Phi) is 3.01. The number of hydrogen-bond acceptors (Lipinski definition) is 1. The van der Waals surface area contributed by atoms with Crippen LogP contribution in [0.1, 0.15) is 12.0 Å². The van der Waals surface area contributed by atoms with Gasteiger partial charge in [-0.15, -0.1) is 0 Å². The molecule has 0 atom stereocenters. The first-order chi connectivity index (χ1) is 7.58. The summed E-state index contributed by atoms with van der Waals surface area (Å²) < 4.78 is 3.06. The molecule has 0 radical (unpaired) electrons. The third-order valence-corrected chi connectivity index (χ3v) is 3.14. The van der Waals surface area contributed by atoms with E-state index in [0.29, 0.717) is 6.42 Å². The van der Waals surface area contributed by atoms with Crippen molar-refractivity contribution in [3.63, 3.8) is 0 Å². The van der Waals surface area contributed by atoms with E-state index in [-0.39, 0.29) is 6.42 Å². The summed E-state index contributed by atoms with van der Waals surface area (Å²) in [5.74, 6) is -0.755. The lowest BCUT2D eigenvalue weighted by Gasteiger charge is -1.97. The fraction of sp³-hybridized carbons (Fsp3) is 0.250. The number of rotatable bonds is 3. The number of carboxylic acids is 1. The molecule has 1 N–H and O–H groups in total. The van der Waals surface area contributed by atoms with Crippen LogP contribution < -0.4 is 0 Å². The van der Waals surface area contributed by atoms with Crippen molar-refractivity contribution in [3.8, 4) is 0 Å². The number of nitrogens with zero attached hydrogens (tertiary/aromatic N) is 1. The lowest BCUT2D eigenvalue weighted by atomic mass is 10.1. The van der Waals surface area contributed by atoms with Gasteiger partial charge in [0.05, 0.1) is 0 Å². The highest BCUT2D eigenvalue weighted by molar-refractivity contribution is 9.10. The molecule has 84 valence electrons. The highest BCUT2D eigenvalue weighted by atomic mass is 79.9. The van der Waals surface area contributed by atoms with Gasteiger partial charge >= 0.3 is 5.97 Å². The van der Waals surface area contributed by atoms with Gasteiger partial charge in [-0.2, -0.15) is 0 Å². The molecule has 16 heavy (non-hydrogen) atoms. The Morgan fingerprint density at radius 2 is 2.25 bits per heavy atom. The predicted octanol–water partition coefficient (Wildman–Crippen LogP) is 2.96. The Balaban J connectivity index is 2.43. The summed E-state index contributed by atoms with van der Waals surface area (Å²) in [7, 11) is 1.97. The standard InChI is InChI=1S/C12H12BrNO2/c1-14-7-8(2-5-12(15)16)10-4-3-9(13)6-11(10)14/h3-4,6-7H,2,5H2,1H3,(H,15,16). The Morgan fingerprint density at radius 3 is 2.94 bits per heavy atom. The molecule has 0 saturated heterocycles. The lowest BCUT2D eigenvalue weighted by Crippen LogP contribution is -1.96. The second-order valence-electron chi connectivity index (χ2n) is 3.82. The molecule has 0 fully saturated rings. The fourth-order valence-electron chi connectivity index (χ4n) is 1.88. The fourth-order valence-corrected chi connectivity index (χ4v) is 2.23. The van der Waals surface area contributed by atoms with Crippen LogP contribution in [0.3, 0.4) is 0 Å². The molecule has 0 unspecified atom stereocenters. The van der Waals surface area contributed by atoms with Gasteiger partial charge in [-0.25, -0.2) is 0 Å². The Morgan fingerprint density at radius 1 is 1.50 bits per heavy atom. The van der Waals surface area contributed by atoms with E-state index < -0.39 is 5.97 Å². The van der Waals surface area contributed by atoms with Crippen molar-refractivity contribution in [1.29, 1.82) is 0 Å². The highest BCUT2D eigenvalue weighted by Gasteiger charge is 2.08. The topological polar surface area (TPSA) is 42.2 Å². The molecular weight excluding hydrogens is 270 g/mol. The van der Waals surface area contributed by atoms with Gasteiger partial charge in [-0.1, -0.05) is 22.0 Å². The van der Waals surface area contributed by atoms with Crippen molar-refractivity contribution in [2.24, 2.45) is 7.05 Å². The summed E-state index contributed by atoms with van der Waals surface area (Å²) in [6.45, 7) is 0. The summed E-state index contributed by atoms with van der Waals surface area (Å²) >= 11 is 3.43. The van der Waals surface area contributed by atoms with Gasteiger partial charge in [0.25, 0.3) is 0 Å². The van der Waals surface area contributed by atoms with Gasteiger partial charge in [-0.05, 0) is 24.1 Å². The molecule has 1 aromatic carbocycles. The zero-order chi connectivity index (χ0) is 11.7. The van der Waals surface area contributed by atoms with Crippen molar-refractivity contribution < 1.29 is 9.90 Å². The first-order valence-corrected chi connectivity index (χ1v) is 5.82. The number of carboxylic acid groups (broad SMARTS) is 1. The number of benzene rings is 1. The zero-order valence-corrected chi connectivity index (χ0v) is 10.5. The summed E-state index contributed by atoms with van der Waals surface area (Å²) in [4.78, 5) is 10.6. The first-order valence-electron chi connectivity index (χ1n) is 5.03. The molecule has 0 saturated carbocycles. The lowest BCUT2D eigenvalue weighted by molar-refractivity contribution is -0.136. The molecule has 3 nitrogen and oxygen atoms in total. The number of fused-ring (bicyclic) bond motifs is 1. The van der Waals surface area contributed by atoms with Crippen LogP contribution in [0, 0.1) is 0 Å². The molecule has 0 amide bonds. The largest absolute Gasteiger partial charge is 0.481 e. The Hall–Kier alpha value is -1.29. The first kappa shape index (κ1) is 11.2. The number of aryl methyl sites for hydroxylation is 2. The third-order valence-electron chi connectivity index (χ3n) is 2.64. The van der Waals surface area contributed by atoms with Crippen LogP contribution in [0.25, 0.3) is 10.9 Å². The molecule has 0 aliphatic carbocycles. The molecule has 0 spiro atoms. The van der Waals surface area contributed by atoms with Gasteiger partial charge in [0.2, 0.25) is 0 Å². The molecule has 4 heteroatoms. The molecule has 2 aromatic rings. The van der Waals surface area contributed by atoms with Crippen LogP contribution in [0.2, 0.25) is 0 Å². The van der Waals surface area contributed by atoms with E-state index in [2.05, 4.69) is 15.9 Å². The average molecular weight is 282 g/mol. The number of halogens is 1. The van der Waals surface area contributed by atoms with Gasteiger partial charge in [0.1, 0.15) is 0 Å². The Labute approximate surface area is 102 Å². The van der Waals surface area contributed by atoms with Crippen LogP contribution in [-0.2, 0) is 18.3 Å². The van der Waals surface area contributed by atoms with E-state index >= 15 is 0 Å². The number of aliphatic carboxylic acids is 1. The highest BCUT2D eigenvalue weighted by Crippen LogP contribution is 2.25. The molecule has 1 aromatic heterocycles. The summed E-state index contributed by atoms with van der Waals surface area (Å²) in [6.07, 6.45) is 2.75. The van der Waals surface area contributed by atoms with Crippen LogP contribution >= 0.6 is 15.9 Å². The second kappa shape index (κ2) is 4.29. The maximum Gasteiger partial charge on any atom is 0.303 e. The van der Waals surface area contributed by atoms with E-state index in [1.165, 1.54) is 0 Å². The minimum atomic E-state index is -0.755. The second-order valence-corrected chi connectivity index (χ2v) is 4.74. The summed E-state index contributed by atoms with van der Waals surface area (Å²) in [5, 5.41) is 9.81. The van der Waals surface area contributed by atoms with E-state index in [1.54, 1.807) is 0 Å². The van der Waals surface area contributed by atoms with Crippen LogP contribution in [0.5, 0.6) is 0 Å². The quantitative estimate of drug-likeness (QED) is 0.940. The van der Waals surface area contributed by atoms with E-state index in [0.717, 1.165) is 20.9 Å². The number of aromatic nitrogens is 1. The van der Waals surface area contributed by atoms with Crippen molar-refractivity contribution in [1.82, 2.24) is 4.57 Å². The maximum absolute atomic E-state index is 10.6. The SMILES string of the molecule is Cn1cc(CCC(=O)O)c2ccc(Br)cc21. The maximum atomic E-state index is 10.6. The average Bonchev–Trinajstić information content (AvgIpc) is 2.53. The molecule has 2 rings (SSSR count). The van der Waals surface area contributed by atoms with Gasteiger partial charge in [0.15, 0.2) is 0 Å². The molecule has 0 aliphatic rings. The summed E-state index contributed by atoms with van der Waals surface area (Å²) in [5.41, 5.74) is 2.21. The van der Waals surface area contributed by atoms with Crippen LogP contribution in [-0.4, -0.2) is 15.6 Å². The van der Waals surface area contributed by atoms with Gasteiger partial charge < -0.3 is 9.67 Å². The van der Waals surface area contributed by atoms with Crippen LogP contribution in [0.15, 0.2) is 28.9 Å². The summed E-state index contributed by atoms with van der Waals surface area (Å²) in [6, 6.07) is 6.04. The minimum Gasteiger partial charge on any atom is -0.481 e. The molecular formula is C12H12BrNO2. The van der Waals surface area contributed by atoms with Crippen molar-refractivity contribution in [2.75, 3.05) is 0 Å². The van der Waals surface area contributed by atoms with Gasteiger partial charge in [-0.3, -0.25) is 4.79 Å². The number of carbonyl (C=O) groups is 1.